The molecule has 0 radical (unpaired) electrons. The quantitative estimate of drug-likeness (QED) is 0.381. The summed E-state index contributed by atoms with van der Waals surface area (Å²) in [7, 11) is 4.62. The summed E-state index contributed by atoms with van der Waals surface area (Å²) < 4.78 is 14.9. The van der Waals surface area contributed by atoms with Crippen molar-refractivity contribution in [3.8, 4) is 17.3 Å². The van der Waals surface area contributed by atoms with Gasteiger partial charge in [-0.1, -0.05) is 0 Å². The summed E-state index contributed by atoms with van der Waals surface area (Å²) in [5, 5.41) is 0.961. The van der Waals surface area contributed by atoms with Gasteiger partial charge >= 0.3 is 6.09 Å². The number of methoxy groups -OCH3 is 2. The highest BCUT2D eigenvalue weighted by atomic mass is 16.5. The molecule has 2 N–H and O–H groups in total. The summed E-state index contributed by atoms with van der Waals surface area (Å²) >= 11 is 0. The Kier molecular flexibility index (Phi) is 5.97. The Labute approximate surface area is 237 Å². The monoisotopic (exact) mass is 557 g/mol. The van der Waals surface area contributed by atoms with Crippen molar-refractivity contribution in [2.75, 3.05) is 26.2 Å². The van der Waals surface area contributed by atoms with Crippen molar-refractivity contribution in [1.29, 1.82) is 0 Å². The summed E-state index contributed by atoms with van der Waals surface area (Å²) in [6.07, 6.45) is 4.69. The summed E-state index contributed by atoms with van der Waals surface area (Å²) in [4.78, 5) is 39.2. The fraction of sp³-hybridized carbons (Fsp3) is 0.467. The van der Waals surface area contributed by atoms with E-state index in [0.29, 0.717) is 28.8 Å². The Bertz CT molecular complexity index is 1700. The molecule has 4 aromatic rings. The summed E-state index contributed by atoms with van der Waals surface area (Å²) in [6.45, 7) is 2.82. The van der Waals surface area contributed by atoms with Crippen LogP contribution < -0.4 is 15.4 Å². The molecule has 6 heterocycles. The molecule has 2 saturated heterocycles. The van der Waals surface area contributed by atoms with Gasteiger partial charge in [0, 0.05) is 48.7 Å². The standard InChI is InChI=1S/C30H35N7O4/c1-16-27(23-11-18-7-10-24(34(2)30(39)41-4)33-28(18)35(23)15-17-5-6-17)32-25-12-19(13-26(40-3)36(16)25)29(38)37-20-8-9-22(37)21(31)14-20/h7,10-13,17,20-22H,5-6,8-9,14-15,31H2,1-4H3/t20-,21+,22+/m0/s1. The van der Waals surface area contributed by atoms with Crippen LogP contribution >= 0.6 is 0 Å². The lowest BCUT2D eigenvalue weighted by Gasteiger charge is -2.23. The predicted molar refractivity (Wildman–Crippen MR) is 154 cm³/mol. The molecule has 3 aliphatic rings. The van der Waals surface area contributed by atoms with Crippen molar-refractivity contribution in [2.45, 2.75) is 63.7 Å². The van der Waals surface area contributed by atoms with Gasteiger partial charge in [0.15, 0.2) is 5.88 Å². The van der Waals surface area contributed by atoms with Gasteiger partial charge in [-0.3, -0.25) is 14.1 Å². The van der Waals surface area contributed by atoms with Gasteiger partial charge in [-0.25, -0.2) is 14.8 Å². The SMILES string of the molecule is COC(=O)N(C)c1ccc2cc(-c3nc4cc(C(=O)N5[C@H]6CC[C@@H]5[C@H](N)C6)cc(OC)n4c3C)n(CC3CC3)c2n1. The van der Waals surface area contributed by atoms with Crippen LogP contribution in [0.25, 0.3) is 28.1 Å². The Morgan fingerprint density at radius 2 is 1.90 bits per heavy atom. The van der Waals surface area contributed by atoms with Gasteiger partial charge in [-0.05, 0) is 69.2 Å². The first-order valence-electron chi connectivity index (χ1n) is 14.3. The molecule has 2 bridgehead atoms. The lowest BCUT2D eigenvalue weighted by molar-refractivity contribution is 0.0726. The topological polar surface area (TPSA) is 120 Å². The smallest absolute Gasteiger partial charge is 0.414 e. The number of hydrogen-bond donors (Lipinski definition) is 1. The van der Waals surface area contributed by atoms with E-state index in [2.05, 4.69) is 10.6 Å². The van der Waals surface area contributed by atoms with Crippen molar-refractivity contribution < 1.29 is 19.1 Å². The molecule has 11 heteroatoms. The fourth-order valence-electron chi connectivity index (χ4n) is 6.77. The lowest BCUT2D eigenvalue weighted by atomic mass is 9.97. The molecule has 3 atom stereocenters. The van der Waals surface area contributed by atoms with Gasteiger partial charge in [0.2, 0.25) is 0 Å². The molecule has 3 fully saturated rings. The van der Waals surface area contributed by atoms with E-state index in [1.165, 1.54) is 24.9 Å². The minimum Gasteiger partial charge on any atom is -0.482 e. The van der Waals surface area contributed by atoms with Gasteiger partial charge in [0.25, 0.3) is 5.91 Å². The maximum Gasteiger partial charge on any atom is 0.414 e. The number of amides is 2. The predicted octanol–water partition coefficient (Wildman–Crippen LogP) is 3.98. The number of nitrogens with zero attached hydrogens (tertiary/aromatic N) is 6. The second-order valence-corrected chi connectivity index (χ2v) is 11.6. The molecule has 0 aromatic carbocycles. The largest absolute Gasteiger partial charge is 0.482 e. The van der Waals surface area contributed by atoms with E-state index < -0.39 is 6.09 Å². The third-order valence-electron chi connectivity index (χ3n) is 9.09. The first-order valence-corrected chi connectivity index (χ1v) is 14.3. The van der Waals surface area contributed by atoms with Crippen LogP contribution in [0.2, 0.25) is 0 Å². The zero-order valence-electron chi connectivity index (χ0n) is 23.8. The molecule has 11 nitrogen and oxygen atoms in total. The highest BCUT2D eigenvalue weighted by Crippen LogP contribution is 2.40. The number of ether oxygens (including phenoxy) is 2. The van der Waals surface area contributed by atoms with Crippen LogP contribution in [0.3, 0.4) is 0 Å². The minimum atomic E-state index is -0.477. The third-order valence-corrected chi connectivity index (χ3v) is 9.09. The molecule has 4 aromatic heterocycles. The average molecular weight is 558 g/mol. The van der Waals surface area contributed by atoms with Crippen molar-refractivity contribution in [1.82, 2.24) is 23.8 Å². The number of fused-ring (bicyclic) bond motifs is 4. The molecular weight excluding hydrogens is 522 g/mol. The van der Waals surface area contributed by atoms with Crippen LogP contribution in [0, 0.1) is 12.8 Å². The van der Waals surface area contributed by atoms with Crippen molar-refractivity contribution in [3.05, 3.63) is 41.6 Å². The number of carbonyl (C=O) groups is 2. The number of nitrogens with two attached hydrogens (primary N) is 1. The molecule has 0 spiro atoms. The van der Waals surface area contributed by atoms with E-state index in [0.717, 1.165) is 53.9 Å². The maximum absolute atomic E-state index is 13.7. The van der Waals surface area contributed by atoms with E-state index in [1.807, 2.05) is 40.5 Å². The first kappa shape index (κ1) is 25.8. The summed E-state index contributed by atoms with van der Waals surface area (Å²) in [5.41, 5.74) is 11.0. The normalized spacial score (nSPS) is 21.7. The van der Waals surface area contributed by atoms with E-state index in [1.54, 1.807) is 14.2 Å². The number of rotatable bonds is 6. The van der Waals surface area contributed by atoms with Crippen LogP contribution in [-0.4, -0.2) is 75.2 Å². The van der Waals surface area contributed by atoms with Crippen LogP contribution in [-0.2, 0) is 11.3 Å². The highest BCUT2D eigenvalue weighted by molar-refractivity contribution is 5.97. The van der Waals surface area contributed by atoms with Crippen molar-refractivity contribution >= 4 is 34.5 Å². The molecule has 7 rings (SSSR count). The molecule has 214 valence electrons. The average Bonchev–Trinajstić information content (AvgIpc) is 3.30. The molecule has 1 saturated carbocycles. The number of aromatic nitrogens is 4. The van der Waals surface area contributed by atoms with E-state index in [9.17, 15) is 9.59 Å². The third kappa shape index (κ3) is 4.05. The van der Waals surface area contributed by atoms with Gasteiger partial charge in [0.05, 0.1) is 25.6 Å². The number of aryl methyl sites for hydroxylation is 1. The second kappa shape index (κ2) is 9.47. The zero-order valence-corrected chi connectivity index (χ0v) is 23.8. The minimum absolute atomic E-state index is 0.0113. The summed E-state index contributed by atoms with van der Waals surface area (Å²) in [5.74, 6) is 1.63. The number of anilines is 1. The van der Waals surface area contributed by atoms with Crippen LogP contribution in [0.5, 0.6) is 5.88 Å². The molecule has 0 unspecified atom stereocenters. The molecule has 2 amide bonds. The maximum atomic E-state index is 13.7. The molecular formula is C30H35N7O4. The first-order chi connectivity index (χ1) is 19.8. The number of pyridine rings is 2. The lowest BCUT2D eigenvalue weighted by Crippen LogP contribution is -2.40. The van der Waals surface area contributed by atoms with Crippen molar-refractivity contribution in [2.24, 2.45) is 11.7 Å². The number of hydrogen-bond acceptors (Lipinski definition) is 7. The summed E-state index contributed by atoms with van der Waals surface area (Å²) in [6, 6.07) is 9.91. The van der Waals surface area contributed by atoms with Crippen LogP contribution in [0.15, 0.2) is 30.3 Å². The van der Waals surface area contributed by atoms with Gasteiger partial charge in [-0.15, -0.1) is 0 Å². The Morgan fingerprint density at radius 1 is 1.10 bits per heavy atom. The van der Waals surface area contributed by atoms with Gasteiger partial charge in [0.1, 0.15) is 22.8 Å². The molecule has 41 heavy (non-hydrogen) atoms. The highest BCUT2D eigenvalue weighted by Gasteiger charge is 2.47. The Morgan fingerprint density at radius 3 is 2.56 bits per heavy atom. The van der Waals surface area contributed by atoms with E-state index in [4.69, 9.17) is 25.2 Å². The zero-order chi connectivity index (χ0) is 28.6. The Hall–Kier alpha value is -4.12. The van der Waals surface area contributed by atoms with E-state index >= 15 is 0 Å². The van der Waals surface area contributed by atoms with Crippen LogP contribution in [0.4, 0.5) is 10.6 Å². The van der Waals surface area contributed by atoms with Crippen molar-refractivity contribution in [3.63, 3.8) is 0 Å². The molecule has 1 aliphatic carbocycles. The fourth-order valence-corrected chi connectivity index (χ4v) is 6.77. The second-order valence-electron chi connectivity index (χ2n) is 11.6. The van der Waals surface area contributed by atoms with Gasteiger partial charge < -0.3 is 24.7 Å². The number of imidazole rings is 1. The Balaban J connectivity index is 1.34. The number of carbonyl (C=O) groups excluding carboxylic acids is 2. The van der Waals surface area contributed by atoms with Gasteiger partial charge in [-0.2, -0.15) is 0 Å². The van der Waals surface area contributed by atoms with E-state index in [-0.39, 0.29) is 24.0 Å². The van der Waals surface area contributed by atoms with Crippen LogP contribution in [0.1, 0.15) is 48.2 Å². The molecule has 2 aliphatic heterocycles.